The maximum absolute atomic E-state index is 11.6. The normalized spacial score (nSPS) is 23.2. The highest BCUT2D eigenvalue weighted by atomic mass is 16.5. The Labute approximate surface area is 90.8 Å². The van der Waals surface area contributed by atoms with Gasteiger partial charge in [0.2, 0.25) is 0 Å². The lowest BCUT2D eigenvalue weighted by Gasteiger charge is -2.09. The minimum absolute atomic E-state index is 0.0518. The van der Waals surface area contributed by atoms with Crippen LogP contribution in [0, 0.1) is 0 Å². The van der Waals surface area contributed by atoms with Crippen LogP contribution in [0.25, 0.3) is 0 Å². The molecule has 1 heterocycles. The molecule has 0 N–H and O–H groups in total. The molecule has 1 aliphatic heterocycles. The topological polar surface area (TPSA) is 35.5 Å². The molecule has 1 unspecified atom stereocenters. The van der Waals surface area contributed by atoms with Crippen LogP contribution in [0.2, 0.25) is 0 Å². The summed E-state index contributed by atoms with van der Waals surface area (Å²) in [7, 11) is 0. The minimum Gasteiger partial charge on any atom is -0.490 e. The Morgan fingerprint density at radius 3 is 2.87 bits per heavy atom. The summed E-state index contributed by atoms with van der Waals surface area (Å²) in [6.07, 6.45) is 4.18. The zero-order valence-corrected chi connectivity index (χ0v) is 9.41. The monoisotopic (exact) mass is 210 g/mol. The second-order valence-electron chi connectivity index (χ2n) is 3.41. The molecule has 0 spiro atoms. The van der Waals surface area contributed by atoms with Gasteiger partial charge in [-0.3, -0.25) is 0 Å². The molecule has 0 aromatic heterocycles. The van der Waals surface area contributed by atoms with Gasteiger partial charge in [0, 0.05) is 6.42 Å². The van der Waals surface area contributed by atoms with E-state index in [1.807, 2.05) is 6.92 Å². The average Bonchev–Trinajstić information content (AvgIpc) is 2.68. The van der Waals surface area contributed by atoms with Crippen LogP contribution in [0.3, 0.4) is 0 Å². The maximum atomic E-state index is 11.6. The summed E-state index contributed by atoms with van der Waals surface area (Å²) in [6, 6.07) is 0. The van der Waals surface area contributed by atoms with Crippen molar-refractivity contribution in [2.24, 2.45) is 0 Å². The Bertz CT molecular complexity index is 279. The fraction of sp³-hybridized carbons (Fsp3) is 0.583. The third-order valence-electron chi connectivity index (χ3n) is 2.42. The molecule has 0 aromatic rings. The van der Waals surface area contributed by atoms with Gasteiger partial charge in [-0.25, -0.2) is 4.79 Å². The van der Waals surface area contributed by atoms with Crippen LogP contribution in [-0.2, 0) is 14.3 Å². The fourth-order valence-electron chi connectivity index (χ4n) is 1.64. The maximum Gasteiger partial charge on any atom is 0.337 e. The lowest BCUT2D eigenvalue weighted by atomic mass is 10.1. The molecule has 3 heteroatoms. The molecule has 1 atom stereocenters. The smallest absolute Gasteiger partial charge is 0.337 e. The second kappa shape index (κ2) is 5.59. The first-order valence-corrected chi connectivity index (χ1v) is 5.41. The summed E-state index contributed by atoms with van der Waals surface area (Å²) in [4.78, 5) is 11.6. The first kappa shape index (κ1) is 11.8. The van der Waals surface area contributed by atoms with E-state index in [0.717, 1.165) is 18.6 Å². The SMILES string of the molecule is C=CC1CC/C(=C(\CC)C(=O)OCC)O1. The average molecular weight is 210 g/mol. The largest absolute Gasteiger partial charge is 0.490 e. The van der Waals surface area contributed by atoms with Gasteiger partial charge in [0.05, 0.1) is 12.2 Å². The van der Waals surface area contributed by atoms with Crippen molar-refractivity contribution < 1.29 is 14.3 Å². The molecule has 15 heavy (non-hydrogen) atoms. The lowest BCUT2D eigenvalue weighted by Crippen LogP contribution is -2.10. The van der Waals surface area contributed by atoms with E-state index < -0.39 is 0 Å². The number of rotatable bonds is 4. The van der Waals surface area contributed by atoms with E-state index in [2.05, 4.69) is 6.58 Å². The highest BCUT2D eigenvalue weighted by molar-refractivity contribution is 5.89. The molecule has 0 bridgehead atoms. The molecule has 0 saturated carbocycles. The van der Waals surface area contributed by atoms with Crippen molar-refractivity contribution in [3.05, 3.63) is 24.0 Å². The third-order valence-corrected chi connectivity index (χ3v) is 2.42. The molecule has 1 aliphatic rings. The molecule has 3 nitrogen and oxygen atoms in total. The lowest BCUT2D eigenvalue weighted by molar-refractivity contribution is -0.138. The number of allylic oxidation sites excluding steroid dienone is 1. The third kappa shape index (κ3) is 2.85. The van der Waals surface area contributed by atoms with Crippen molar-refractivity contribution in [3.8, 4) is 0 Å². The van der Waals surface area contributed by atoms with Gasteiger partial charge >= 0.3 is 5.97 Å². The quantitative estimate of drug-likeness (QED) is 0.406. The summed E-state index contributed by atoms with van der Waals surface area (Å²) < 4.78 is 10.6. The van der Waals surface area contributed by atoms with E-state index in [9.17, 15) is 4.79 Å². The van der Waals surface area contributed by atoms with Crippen molar-refractivity contribution in [2.75, 3.05) is 6.61 Å². The van der Waals surface area contributed by atoms with Crippen LogP contribution in [-0.4, -0.2) is 18.7 Å². The van der Waals surface area contributed by atoms with Gasteiger partial charge in [0.25, 0.3) is 0 Å². The summed E-state index contributed by atoms with van der Waals surface area (Å²) >= 11 is 0. The molecule has 0 amide bonds. The first-order valence-electron chi connectivity index (χ1n) is 5.41. The zero-order valence-electron chi connectivity index (χ0n) is 9.41. The fourth-order valence-corrected chi connectivity index (χ4v) is 1.64. The standard InChI is InChI=1S/C12H18O3/c1-4-9-7-8-11(15-9)10(5-2)12(13)14-6-3/h4,9H,1,5-8H2,2-3H3/b11-10-. The van der Waals surface area contributed by atoms with E-state index in [1.54, 1.807) is 13.0 Å². The van der Waals surface area contributed by atoms with Crippen LogP contribution < -0.4 is 0 Å². The van der Waals surface area contributed by atoms with Gasteiger partial charge in [-0.1, -0.05) is 19.6 Å². The molecule has 84 valence electrons. The molecule has 0 radical (unpaired) electrons. The van der Waals surface area contributed by atoms with E-state index >= 15 is 0 Å². The highest BCUT2D eigenvalue weighted by Gasteiger charge is 2.24. The predicted molar refractivity (Wildman–Crippen MR) is 58.3 cm³/mol. The molecule has 1 rings (SSSR count). The van der Waals surface area contributed by atoms with E-state index in [-0.39, 0.29) is 12.1 Å². The number of carbonyl (C=O) groups is 1. The van der Waals surface area contributed by atoms with Crippen molar-refractivity contribution in [1.82, 2.24) is 0 Å². The second-order valence-corrected chi connectivity index (χ2v) is 3.41. The highest BCUT2D eigenvalue weighted by Crippen LogP contribution is 2.28. The molecule has 0 aromatic carbocycles. The van der Waals surface area contributed by atoms with Gasteiger partial charge in [-0.2, -0.15) is 0 Å². The van der Waals surface area contributed by atoms with Crippen molar-refractivity contribution in [1.29, 1.82) is 0 Å². The van der Waals surface area contributed by atoms with Crippen LogP contribution in [0.5, 0.6) is 0 Å². The van der Waals surface area contributed by atoms with Crippen LogP contribution in [0.4, 0.5) is 0 Å². The van der Waals surface area contributed by atoms with E-state index in [0.29, 0.717) is 18.6 Å². The molecule has 0 aliphatic carbocycles. The van der Waals surface area contributed by atoms with Gasteiger partial charge in [-0.05, 0) is 19.8 Å². The van der Waals surface area contributed by atoms with E-state index in [1.165, 1.54) is 0 Å². The molecular formula is C12H18O3. The van der Waals surface area contributed by atoms with Crippen molar-refractivity contribution in [3.63, 3.8) is 0 Å². The zero-order chi connectivity index (χ0) is 11.3. The number of ether oxygens (including phenoxy) is 2. The van der Waals surface area contributed by atoms with Crippen molar-refractivity contribution in [2.45, 2.75) is 39.2 Å². The van der Waals surface area contributed by atoms with Crippen LogP contribution >= 0.6 is 0 Å². The summed E-state index contributed by atoms with van der Waals surface area (Å²) in [5, 5.41) is 0. The van der Waals surface area contributed by atoms with Gasteiger partial charge in [0.1, 0.15) is 11.9 Å². The number of hydrogen-bond donors (Lipinski definition) is 0. The first-order chi connectivity index (χ1) is 7.22. The molecule has 1 fully saturated rings. The Morgan fingerprint density at radius 1 is 1.67 bits per heavy atom. The van der Waals surface area contributed by atoms with Crippen LogP contribution in [0.1, 0.15) is 33.1 Å². The number of hydrogen-bond acceptors (Lipinski definition) is 3. The Morgan fingerprint density at radius 2 is 2.40 bits per heavy atom. The van der Waals surface area contributed by atoms with Gasteiger partial charge in [-0.15, -0.1) is 0 Å². The Kier molecular flexibility index (Phi) is 4.40. The Balaban J connectivity index is 2.76. The predicted octanol–water partition coefficient (Wildman–Crippen LogP) is 2.58. The molecular weight excluding hydrogens is 192 g/mol. The summed E-state index contributed by atoms with van der Waals surface area (Å²) in [6.45, 7) is 7.82. The number of esters is 1. The summed E-state index contributed by atoms with van der Waals surface area (Å²) in [5.74, 6) is 0.528. The van der Waals surface area contributed by atoms with Gasteiger partial charge < -0.3 is 9.47 Å². The van der Waals surface area contributed by atoms with Crippen LogP contribution in [0.15, 0.2) is 24.0 Å². The number of carbonyl (C=O) groups excluding carboxylic acids is 1. The minimum atomic E-state index is -0.250. The van der Waals surface area contributed by atoms with E-state index in [4.69, 9.17) is 9.47 Å². The van der Waals surface area contributed by atoms with Gasteiger partial charge in [0.15, 0.2) is 0 Å². The summed E-state index contributed by atoms with van der Waals surface area (Å²) in [5.41, 5.74) is 0.668. The molecule has 1 saturated heterocycles. The Hall–Kier alpha value is -1.25. The van der Waals surface area contributed by atoms with Crippen molar-refractivity contribution >= 4 is 5.97 Å².